The van der Waals surface area contributed by atoms with Crippen LogP contribution in [0.4, 0.5) is 0 Å². The van der Waals surface area contributed by atoms with E-state index in [1.54, 1.807) is 0 Å². The van der Waals surface area contributed by atoms with Crippen molar-refractivity contribution in [3.63, 3.8) is 0 Å². The van der Waals surface area contributed by atoms with E-state index in [0.29, 0.717) is 0 Å². The van der Waals surface area contributed by atoms with Crippen molar-refractivity contribution in [3.05, 3.63) is 46.5 Å². The predicted octanol–water partition coefficient (Wildman–Crippen LogP) is 4.43. The molecule has 0 saturated heterocycles. The van der Waals surface area contributed by atoms with E-state index >= 15 is 0 Å². The van der Waals surface area contributed by atoms with Gasteiger partial charge in [0.05, 0.1) is 13.2 Å². The Kier molecular flexibility index (Phi) is 10.6. The minimum absolute atomic E-state index is 0. The summed E-state index contributed by atoms with van der Waals surface area (Å²) < 4.78 is 5.34. The first-order valence-electron chi connectivity index (χ1n) is 8.93. The molecule has 2 rings (SSSR count). The number of rotatable bonds is 7. The summed E-state index contributed by atoms with van der Waals surface area (Å²) in [5.74, 6) is 0.854. The Morgan fingerprint density at radius 2 is 2.12 bits per heavy atom. The van der Waals surface area contributed by atoms with Gasteiger partial charge in [0.25, 0.3) is 0 Å². The summed E-state index contributed by atoms with van der Waals surface area (Å²) in [7, 11) is 1.81. The molecule has 0 bridgehead atoms. The SMILES string of the molecule is CN=C(NCCC1=CCOCC1)NCC(C)(C)Cc1cccc(Cl)c1.I. The zero-order chi connectivity index (χ0) is 18.1. The van der Waals surface area contributed by atoms with E-state index < -0.39 is 0 Å². The van der Waals surface area contributed by atoms with E-state index in [4.69, 9.17) is 16.3 Å². The summed E-state index contributed by atoms with van der Waals surface area (Å²) in [6.07, 6.45) is 5.23. The van der Waals surface area contributed by atoms with Crippen LogP contribution in [0.25, 0.3) is 0 Å². The molecule has 146 valence electrons. The number of aliphatic imine (C=N–C) groups is 1. The van der Waals surface area contributed by atoms with Crippen LogP contribution in [0.5, 0.6) is 0 Å². The molecule has 2 N–H and O–H groups in total. The van der Waals surface area contributed by atoms with Gasteiger partial charge in [0.2, 0.25) is 0 Å². The zero-order valence-corrected chi connectivity index (χ0v) is 19.1. The second-order valence-corrected chi connectivity index (χ2v) is 7.70. The second-order valence-electron chi connectivity index (χ2n) is 7.26. The van der Waals surface area contributed by atoms with Gasteiger partial charge in [-0.3, -0.25) is 4.99 Å². The first kappa shape index (κ1) is 23.2. The van der Waals surface area contributed by atoms with Gasteiger partial charge in [-0.05, 0) is 42.4 Å². The van der Waals surface area contributed by atoms with E-state index in [0.717, 1.165) is 56.5 Å². The van der Waals surface area contributed by atoms with Crippen LogP contribution in [0.1, 0.15) is 32.3 Å². The molecule has 1 aromatic rings. The first-order chi connectivity index (χ1) is 12.0. The van der Waals surface area contributed by atoms with E-state index in [-0.39, 0.29) is 29.4 Å². The highest BCUT2D eigenvalue weighted by Gasteiger charge is 2.19. The quantitative estimate of drug-likeness (QED) is 0.257. The third-order valence-electron chi connectivity index (χ3n) is 4.33. The first-order valence-corrected chi connectivity index (χ1v) is 9.31. The maximum atomic E-state index is 6.09. The summed E-state index contributed by atoms with van der Waals surface area (Å²) in [6.45, 7) is 7.83. The molecule has 1 aliphatic rings. The maximum Gasteiger partial charge on any atom is 0.191 e. The lowest BCUT2D eigenvalue weighted by Crippen LogP contribution is -2.43. The normalized spacial score (nSPS) is 15.1. The van der Waals surface area contributed by atoms with E-state index in [2.05, 4.69) is 41.6 Å². The van der Waals surface area contributed by atoms with Crippen molar-refractivity contribution in [2.75, 3.05) is 33.4 Å². The van der Waals surface area contributed by atoms with Crippen molar-refractivity contribution < 1.29 is 4.74 Å². The zero-order valence-electron chi connectivity index (χ0n) is 16.0. The molecular formula is C20H31ClIN3O. The van der Waals surface area contributed by atoms with Crippen LogP contribution in [0.2, 0.25) is 5.02 Å². The van der Waals surface area contributed by atoms with Crippen molar-refractivity contribution in [2.45, 2.75) is 33.1 Å². The van der Waals surface area contributed by atoms with Crippen molar-refractivity contribution in [1.29, 1.82) is 0 Å². The molecule has 1 heterocycles. The van der Waals surface area contributed by atoms with Crippen LogP contribution >= 0.6 is 35.6 Å². The Morgan fingerprint density at radius 3 is 2.77 bits per heavy atom. The molecule has 1 aromatic carbocycles. The van der Waals surface area contributed by atoms with Crippen LogP contribution in [-0.4, -0.2) is 39.3 Å². The van der Waals surface area contributed by atoms with E-state index in [9.17, 15) is 0 Å². The number of nitrogens with one attached hydrogen (secondary N) is 2. The Hall–Kier alpha value is -0.790. The van der Waals surface area contributed by atoms with Gasteiger partial charge in [-0.25, -0.2) is 0 Å². The lowest BCUT2D eigenvalue weighted by molar-refractivity contribution is 0.153. The molecule has 0 aromatic heterocycles. The fraction of sp³-hybridized carbons (Fsp3) is 0.550. The highest BCUT2D eigenvalue weighted by Crippen LogP contribution is 2.22. The van der Waals surface area contributed by atoms with Gasteiger partial charge < -0.3 is 15.4 Å². The Bertz CT molecular complexity index is 617. The van der Waals surface area contributed by atoms with E-state index in [1.165, 1.54) is 11.1 Å². The second kappa shape index (κ2) is 11.8. The Labute approximate surface area is 179 Å². The number of hydrogen-bond donors (Lipinski definition) is 2. The third kappa shape index (κ3) is 8.73. The molecule has 0 spiro atoms. The van der Waals surface area contributed by atoms with Gasteiger partial charge in [-0.15, -0.1) is 24.0 Å². The fourth-order valence-corrected chi connectivity index (χ4v) is 3.15. The smallest absolute Gasteiger partial charge is 0.191 e. The Balaban J connectivity index is 0.00000338. The van der Waals surface area contributed by atoms with Gasteiger partial charge in [0.1, 0.15) is 0 Å². The topological polar surface area (TPSA) is 45.7 Å². The molecular weight excluding hydrogens is 461 g/mol. The third-order valence-corrected chi connectivity index (χ3v) is 4.56. The summed E-state index contributed by atoms with van der Waals surface area (Å²) in [6, 6.07) is 8.09. The van der Waals surface area contributed by atoms with Crippen molar-refractivity contribution >= 4 is 41.5 Å². The van der Waals surface area contributed by atoms with Gasteiger partial charge in [-0.1, -0.05) is 49.2 Å². The van der Waals surface area contributed by atoms with Crippen molar-refractivity contribution in [3.8, 4) is 0 Å². The molecule has 0 radical (unpaired) electrons. The molecule has 4 nitrogen and oxygen atoms in total. The largest absolute Gasteiger partial charge is 0.377 e. The summed E-state index contributed by atoms with van der Waals surface area (Å²) in [5, 5.41) is 7.64. The fourth-order valence-electron chi connectivity index (χ4n) is 2.94. The van der Waals surface area contributed by atoms with Gasteiger partial charge in [-0.2, -0.15) is 0 Å². The number of benzene rings is 1. The average Bonchev–Trinajstić information content (AvgIpc) is 2.58. The molecule has 0 atom stereocenters. The average molecular weight is 492 g/mol. The lowest BCUT2D eigenvalue weighted by atomic mass is 9.86. The molecule has 0 fully saturated rings. The minimum Gasteiger partial charge on any atom is -0.377 e. The summed E-state index contributed by atoms with van der Waals surface area (Å²) in [4.78, 5) is 4.32. The number of guanidine groups is 1. The molecule has 6 heteroatoms. The molecule has 26 heavy (non-hydrogen) atoms. The number of hydrogen-bond acceptors (Lipinski definition) is 2. The van der Waals surface area contributed by atoms with Crippen molar-refractivity contribution in [2.24, 2.45) is 10.4 Å². The summed E-state index contributed by atoms with van der Waals surface area (Å²) in [5.41, 5.74) is 2.83. The van der Waals surface area contributed by atoms with Gasteiger partial charge in [0.15, 0.2) is 5.96 Å². The van der Waals surface area contributed by atoms with Crippen LogP contribution < -0.4 is 10.6 Å². The molecule has 0 aliphatic carbocycles. The molecule has 0 unspecified atom stereocenters. The number of nitrogens with zero attached hydrogens (tertiary/aromatic N) is 1. The van der Waals surface area contributed by atoms with Crippen molar-refractivity contribution in [1.82, 2.24) is 10.6 Å². The highest BCUT2D eigenvalue weighted by molar-refractivity contribution is 14.0. The van der Waals surface area contributed by atoms with Crippen LogP contribution in [0.15, 0.2) is 40.9 Å². The lowest BCUT2D eigenvalue weighted by Gasteiger charge is -2.26. The standard InChI is InChI=1S/C20H30ClN3O.HI/c1-20(2,14-17-5-4-6-18(21)13-17)15-24-19(22-3)23-10-7-16-8-11-25-12-9-16;/h4-6,8,13H,7,9-12,14-15H2,1-3H3,(H2,22,23,24);1H. The van der Waals surface area contributed by atoms with Crippen LogP contribution in [0, 0.1) is 5.41 Å². The maximum absolute atomic E-state index is 6.09. The van der Waals surface area contributed by atoms with Gasteiger partial charge >= 0.3 is 0 Å². The minimum atomic E-state index is 0. The predicted molar refractivity (Wildman–Crippen MR) is 122 cm³/mol. The molecule has 0 saturated carbocycles. The van der Waals surface area contributed by atoms with Gasteiger partial charge in [0, 0.05) is 25.2 Å². The molecule has 1 aliphatic heterocycles. The van der Waals surface area contributed by atoms with Crippen LogP contribution in [0.3, 0.4) is 0 Å². The van der Waals surface area contributed by atoms with Crippen LogP contribution in [-0.2, 0) is 11.2 Å². The highest BCUT2D eigenvalue weighted by atomic mass is 127. The summed E-state index contributed by atoms with van der Waals surface area (Å²) >= 11 is 6.09. The Morgan fingerprint density at radius 1 is 1.31 bits per heavy atom. The number of halogens is 2. The molecule has 0 amide bonds. The van der Waals surface area contributed by atoms with E-state index in [1.807, 2.05) is 25.2 Å². The number of ether oxygens (including phenoxy) is 1. The monoisotopic (exact) mass is 491 g/mol.